The monoisotopic (exact) mass is 459 g/mol. The van der Waals surface area contributed by atoms with Crippen molar-refractivity contribution in [3.8, 4) is 33.8 Å². The first-order valence-corrected chi connectivity index (χ1v) is 12.0. The zero-order valence-corrected chi connectivity index (χ0v) is 19.0. The molecule has 3 aromatic heterocycles. The predicted octanol–water partition coefficient (Wildman–Crippen LogP) is 4.32. The van der Waals surface area contributed by atoms with Crippen molar-refractivity contribution in [1.82, 2.24) is 19.7 Å². The molecule has 4 heterocycles. The maximum atomic E-state index is 11.0. The van der Waals surface area contributed by atoms with Gasteiger partial charge < -0.3 is 9.29 Å². The lowest BCUT2D eigenvalue weighted by molar-refractivity contribution is 0.184. The van der Waals surface area contributed by atoms with Crippen molar-refractivity contribution < 1.29 is 13.5 Å². The third-order valence-electron chi connectivity index (χ3n) is 5.75. The van der Waals surface area contributed by atoms with E-state index < -0.39 is 11.1 Å². The van der Waals surface area contributed by atoms with Gasteiger partial charge >= 0.3 is 0 Å². The fraction of sp³-hybridized carbons (Fsp3) is 0.240. The molecule has 168 valence electrons. The second-order valence-corrected chi connectivity index (χ2v) is 9.02. The second-order valence-electron chi connectivity index (χ2n) is 8.13. The number of benzene rings is 1. The van der Waals surface area contributed by atoms with E-state index in [4.69, 9.17) is 14.8 Å². The van der Waals surface area contributed by atoms with Crippen LogP contribution in [0, 0.1) is 6.92 Å². The van der Waals surface area contributed by atoms with Gasteiger partial charge in [-0.2, -0.15) is 5.10 Å². The summed E-state index contributed by atoms with van der Waals surface area (Å²) in [5.41, 5.74) is 7.05. The van der Waals surface area contributed by atoms with E-state index in [0.29, 0.717) is 6.61 Å². The van der Waals surface area contributed by atoms with Gasteiger partial charge in [-0.05, 0) is 48.7 Å². The van der Waals surface area contributed by atoms with Crippen molar-refractivity contribution in [2.24, 2.45) is 0 Å². The van der Waals surface area contributed by atoms with Crippen LogP contribution < -0.4 is 0 Å². The van der Waals surface area contributed by atoms with E-state index in [1.165, 1.54) is 0 Å². The molecule has 0 amide bonds. The van der Waals surface area contributed by atoms with Gasteiger partial charge in [-0.25, -0.2) is 0 Å². The zero-order valence-electron chi connectivity index (χ0n) is 18.2. The summed E-state index contributed by atoms with van der Waals surface area (Å²) in [6.45, 7) is 3.37. The Balaban J connectivity index is 1.55. The van der Waals surface area contributed by atoms with Gasteiger partial charge in [0.2, 0.25) is 0 Å². The number of rotatable bonds is 6. The maximum absolute atomic E-state index is 11.0. The maximum Gasteiger partial charge on any atom is 0.119 e. The molecule has 1 unspecified atom stereocenters. The standard InChI is InChI=1S/C25H24N4O3S/c1-17-3-2-4-23(27-17)25-22(14-29(28-25)21-10-12-32-15-21)20-9-11-26-24(13-20)19-7-5-18(6-8-19)16-33(30)31/h2-9,11,13-14,21H,10,12,15-16H2,1H3,(H,30,31)/p-1/t21-/m0/s1. The zero-order chi connectivity index (χ0) is 22.8. The number of hydrogen-bond donors (Lipinski definition) is 0. The summed E-state index contributed by atoms with van der Waals surface area (Å²) in [6.07, 6.45) is 4.79. The Morgan fingerprint density at radius 2 is 1.97 bits per heavy atom. The predicted molar refractivity (Wildman–Crippen MR) is 126 cm³/mol. The van der Waals surface area contributed by atoms with Gasteiger partial charge in [-0.15, -0.1) is 0 Å². The van der Waals surface area contributed by atoms with Crippen LogP contribution in [-0.4, -0.2) is 41.7 Å². The minimum absolute atomic E-state index is 0.00463. The number of aryl methyl sites for hydroxylation is 1. The molecule has 0 N–H and O–H groups in total. The van der Waals surface area contributed by atoms with Gasteiger partial charge in [0.1, 0.15) is 5.69 Å². The summed E-state index contributed by atoms with van der Waals surface area (Å²) in [6, 6.07) is 17.6. The molecular formula is C25H23N4O3S-. The van der Waals surface area contributed by atoms with E-state index in [1.54, 1.807) is 6.20 Å². The van der Waals surface area contributed by atoms with Crippen LogP contribution in [0.1, 0.15) is 23.7 Å². The van der Waals surface area contributed by atoms with Crippen LogP contribution in [0.25, 0.3) is 33.8 Å². The molecule has 7 nitrogen and oxygen atoms in total. The van der Waals surface area contributed by atoms with Crippen LogP contribution in [-0.2, 0) is 21.6 Å². The number of nitrogens with zero attached hydrogens (tertiary/aromatic N) is 4. The topological polar surface area (TPSA) is 93.0 Å². The summed E-state index contributed by atoms with van der Waals surface area (Å²) >= 11 is -2.11. The Morgan fingerprint density at radius 1 is 1.12 bits per heavy atom. The van der Waals surface area contributed by atoms with Gasteiger partial charge in [0, 0.05) is 41.6 Å². The van der Waals surface area contributed by atoms with E-state index in [0.717, 1.165) is 58.1 Å². The molecular weight excluding hydrogens is 436 g/mol. The van der Waals surface area contributed by atoms with Crippen molar-refractivity contribution in [1.29, 1.82) is 0 Å². The van der Waals surface area contributed by atoms with E-state index in [2.05, 4.69) is 11.2 Å². The highest BCUT2D eigenvalue weighted by Crippen LogP contribution is 2.34. The first kappa shape index (κ1) is 21.6. The molecule has 5 rings (SSSR count). The van der Waals surface area contributed by atoms with E-state index in [9.17, 15) is 8.76 Å². The number of pyridine rings is 2. The highest BCUT2D eigenvalue weighted by molar-refractivity contribution is 7.78. The highest BCUT2D eigenvalue weighted by atomic mass is 32.2. The summed E-state index contributed by atoms with van der Waals surface area (Å²) in [5.74, 6) is 0.00463. The lowest BCUT2D eigenvalue weighted by Crippen LogP contribution is -2.09. The van der Waals surface area contributed by atoms with Crippen molar-refractivity contribution >= 4 is 11.1 Å². The molecule has 2 atom stereocenters. The smallest absolute Gasteiger partial charge is 0.119 e. The number of ether oxygens (including phenoxy) is 1. The Bertz CT molecular complexity index is 1300. The highest BCUT2D eigenvalue weighted by Gasteiger charge is 2.22. The molecule has 0 spiro atoms. The third kappa shape index (κ3) is 4.78. The Hall–Kier alpha value is -3.20. The summed E-state index contributed by atoms with van der Waals surface area (Å²) < 4.78 is 29.5. The summed E-state index contributed by atoms with van der Waals surface area (Å²) in [4.78, 5) is 9.25. The molecule has 1 saturated heterocycles. The van der Waals surface area contributed by atoms with Crippen LogP contribution >= 0.6 is 0 Å². The van der Waals surface area contributed by atoms with Gasteiger partial charge in [-0.1, -0.05) is 41.4 Å². The number of hydrogen-bond acceptors (Lipinski definition) is 6. The fourth-order valence-electron chi connectivity index (χ4n) is 4.05. The molecule has 0 radical (unpaired) electrons. The molecule has 0 aliphatic carbocycles. The van der Waals surface area contributed by atoms with E-state index in [-0.39, 0.29) is 11.8 Å². The van der Waals surface area contributed by atoms with Gasteiger partial charge in [0.05, 0.1) is 24.0 Å². The average molecular weight is 460 g/mol. The van der Waals surface area contributed by atoms with E-state index in [1.807, 2.05) is 66.2 Å². The van der Waals surface area contributed by atoms with Crippen LogP contribution in [0.15, 0.2) is 67.0 Å². The SMILES string of the molecule is Cc1cccc(-c2nn([C@H]3CCOC3)cc2-c2ccnc(-c3ccc(CS(=O)[O-])cc3)c2)n1. The molecule has 1 aliphatic heterocycles. The van der Waals surface area contributed by atoms with Crippen molar-refractivity contribution in [3.63, 3.8) is 0 Å². The Kier molecular flexibility index (Phi) is 6.13. The normalized spacial score (nSPS) is 16.7. The molecule has 8 heteroatoms. The molecule has 4 aromatic rings. The summed E-state index contributed by atoms with van der Waals surface area (Å²) in [5, 5.41) is 4.92. The largest absolute Gasteiger partial charge is 0.772 e. The Morgan fingerprint density at radius 3 is 2.70 bits per heavy atom. The van der Waals surface area contributed by atoms with Gasteiger partial charge in [-0.3, -0.25) is 18.9 Å². The molecule has 1 aliphatic rings. The fourth-order valence-corrected chi connectivity index (χ4v) is 4.51. The molecule has 0 bridgehead atoms. The molecule has 0 saturated carbocycles. The second kappa shape index (κ2) is 9.35. The van der Waals surface area contributed by atoms with Gasteiger partial charge in [0.25, 0.3) is 0 Å². The van der Waals surface area contributed by atoms with Crippen LogP contribution in [0.4, 0.5) is 0 Å². The first-order valence-electron chi connectivity index (χ1n) is 10.8. The Labute approximate surface area is 194 Å². The van der Waals surface area contributed by atoms with Crippen molar-refractivity contribution in [3.05, 3.63) is 78.2 Å². The van der Waals surface area contributed by atoms with Crippen molar-refractivity contribution in [2.45, 2.75) is 25.1 Å². The van der Waals surface area contributed by atoms with Crippen LogP contribution in [0.3, 0.4) is 0 Å². The molecule has 33 heavy (non-hydrogen) atoms. The number of aromatic nitrogens is 4. The quantitative estimate of drug-likeness (QED) is 0.399. The minimum Gasteiger partial charge on any atom is -0.772 e. The van der Waals surface area contributed by atoms with Crippen LogP contribution in [0.5, 0.6) is 0 Å². The van der Waals surface area contributed by atoms with E-state index >= 15 is 0 Å². The molecule has 1 aromatic carbocycles. The minimum atomic E-state index is -2.11. The summed E-state index contributed by atoms with van der Waals surface area (Å²) in [7, 11) is 0. The average Bonchev–Trinajstić information content (AvgIpc) is 3.50. The first-order chi connectivity index (χ1) is 16.1. The van der Waals surface area contributed by atoms with Gasteiger partial charge in [0.15, 0.2) is 0 Å². The van der Waals surface area contributed by atoms with Crippen molar-refractivity contribution in [2.75, 3.05) is 13.2 Å². The van der Waals surface area contributed by atoms with Crippen LogP contribution in [0.2, 0.25) is 0 Å². The lowest BCUT2D eigenvalue weighted by Gasteiger charge is -2.08. The molecule has 1 fully saturated rings. The lowest BCUT2D eigenvalue weighted by atomic mass is 10.0. The third-order valence-corrected chi connectivity index (χ3v) is 6.32.